The number of rotatable bonds is 15. The van der Waals surface area contributed by atoms with Gasteiger partial charge in [0.2, 0.25) is 0 Å². The lowest BCUT2D eigenvalue weighted by Crippen LogP contribution is -2.46. The fourth-order valence-corrected chi connectivity index (χ4v) is 3.73. The normalized spacial score (nSPS) is 15.0. The third-order valence-electron chi connectivity index (χ3n) is 4.94. The van der Waals surface area contributed by atoms with Crippen molar-refractivity contribution in [3.05, 3.63) is 11.6 Å². The van der Waals surface area contributed by atoms with Gasteiger partial charge in [0.15, 0.2) is 0 Å². The zero-order chi connectivity index (χ0) is 17.7. The van der Waals surface area contributed by atoms with E-state index in [1.54, 1.807) is 0 Å². The average Bonchev–Trinajstić information content (AvgIpc) is 2.46. The summed E-state index contributed by atoms with van der Waals surface area (Å²) in [7, 11) is 4.07. The van der Waals surface area contributed by atoms with Crippen LogP contribution in [0, 0.1) is 0 Å². The van der Waals surface area contributed by atoms with Crippen molar-refractivity contribution in [1.82, 2.24) is 4.90 Å². The number of unbranched alkanes of at least 4 members (excludes halogenated alkanes) is 9. The van der Waals surface area contributed by atoms with Crippen molar-refractivity contribution in [3.63, 3.8) is 0 Å². The van der Waals surface area contributed by atoms with Crippen molar-refractivity contribution in [1.29, 1.82) is 0 Å². The molecule has 0 radical (unpaired) electrons. The van der Waals surface area contributed by atoms with E-state index in [1.165, 1.54) is 57.8 Å². The van der Waals surface area contributed by atoms with Crippen molar-refractivity contribution < 1.29 is 5.11 Å². The van der Waals surface area contributed by atoms with E-state index in [2.05, 4.69) is 18.4 Å². The lowest BCUT2D eigenvalue weighted by molar-refractivity contribution is 0.0893. The van der Waals surface area contributed by atoms with E-state index in [4.69, 9.17) is 11.6 Å². The molecule has 0 rings (SSSR count). The third-order valence-corrected chi connectivity index (χ3v) is 5.29. The van der Waals surface area contributed by atoms with Gasteiger partial charge in [0.05, 0.1) is 11.6 Å². The van der Waals surface area contributed by atoms with E-state index in [1.807, 2.05) is 21.0 Å². The molecule has 0 heterocycles. The molecule has 0 bridgehead atoms. The number of hydrogen-bond donors (Lipinski definition) is 1. The van der Waals surface area contributed by atoms with Gasteiger partial charge in [-0.2, -0.15) is 0 Å². The first-order chi connectivity index (χ1) is 10.9. The van der Waals surface area contributed by atoms with Crippen molar-refractivity contribution in [3.8, 4) is 0 Å². The highest BCUT2D eigenvalue weighted by atomic mass is 35.5. The summed E-state index contributed by atoms with van der Waals surface area (Å²) < 4.78 is 0. The van der Waals surface area contributed by atoms with Crippen LogP contribution >= 0.6 is 24.0 Å². The van der Waals surface area contributed by atoms with Crippen LogP contribution in [-0.2, 0) is 0 Å². The summed E-state index contributed by atoms with van der Waals surface area (Å²) in [6.07, 6.45) is 14.6. The quantitative estimate of drug-likeness (QED) is 0.325. The first-order valence-electron chi connectivity index (χ1n) is 9.57. The van der Waals surface area contributed by atoms with Crippen molar-refractivity contribution in [2.24, 2.45) is 0 Å². The van der Waals surface area contributed by atoms with Crippen LogP contribution < -0.4 is 0 Å². The molecule has 0 aliphatic heterocycles. The highest BCUT2D eigenvalue weighted by molar-refractivity contribution is 6.30. The minimum absolute atomic E-state index is 0. The van der Waals surface area contributed by atoms with Crippen LogP contribution in [0.25, 0.3) is 0 Å². The molecular weight excluding hydrogens is 341 g/mol. The van der Waals surface area contributed by atoms with Crippen molar-refractivity contribution in [2.75, 3.05) is 14.1 Å². The van der Waals surface area contributed by atoms with Gasteiger partial charge in [0.1, 0.15) is 0 Å². The van der Waals surface area contributed by atoms with Gasteiger partial charge in [-0.15, -0.1) is 12.4 Å². The summed E-state index contributed by atoms with van der Waals surface area (Å²) in [6.45, 7) is 8.07. The van der Waals surface area contributed by atoms with Crippen LogP contribution in [0.5, 0.6) is 0 Å². The monoisotopic (exact) mass is 381 g/mol. The molecule has 0 aromatic rings. The second kappa shape index (κ2) is 15.5. The molecule has 24 heavy (non-hydrogen) atoms. The number of nitrogens with zero attached hydrogens (tertiary/aromatic N) is 1. The Hall–Kier alpha value is 0.240. The molecule has 0 saturated carbocycles. The zero-order valence-electron chi connectivity index (χ0n) is 16.5. The number of aliphatic hydroxyl groups is 1. The van der Waals surface area contributed by atoms with Gasteiger partial charge in [-0.3, -0.25) is 4.90 Å². The Kier molecular flexibility index (Phi) is 17.1. The maximum absolute atomic E-state index is 9.82. The van der Waals surface area contributed by atoms with Crippen LogP contribution in [0.15, 0.2) is 11.6 Å². The van der Waals surface area contributed by atoms with Crippen LogP contribution in [-0.4, -0.2) is 35.7 Å². The van der Waals surface area contributed by atoms with E-state index in [9.17, 15) is 5.11 Å². The maximum Gasteiger partial charge on any atom is 0.0581 e. The van der Waals surface area contributed by atoms with Gasteiger partial charge >= 0.3 is 0 Å². The Morgan fingerprint density at radius 3 is 1.75 bits per heavy atom. The molecule has 1 N–H and O–H groups in total. The molecule has 2 atom stereocenters. The third kappa shape index (κ3) is 11.0. The van der Waals surface area contributed by atoms with Gasteiger partial charge in [0, 0.05) is 5.03 Å². The highest BCUT2D eigenvalue weighted by Gasteiger charge is 2.35. The number of hydrogen-bond acceptors (Lipinski definition) is 2. The van der Waals surface area contributed by atoms with Crippen LogP contribution in [0.3, 0.4) is 0 Å². The van der Waals surface area contributed by atoms with Gasteiger partial charge in [-0.1, -0.05) is 89.3 Å². The Morgan fingerprint density at radius 1 is 1.00 bits per heavy atom. The maximum atomic E-state index is 9.82. The van der Waals surface area contributed by atoms with Gasteiger partial charge in [-0.25, -0.2) is 0 Å². The first kappa shape index (κ1) is 26.5. The Balaban J connectivity index is 0. The van der Waals surface area contributed by atoms with E-state index in [-0.39, 0.29) is 24.0 Å². The molecule has 0 aromatic heterocycles. The molecule has 4 heteroatoms. The second-order valence-electron chi connectivity index (χ2n) is 7.32. The lowest BCUT2D eigenvalue weighted by Gasteiger charge is -2.40. The largest absolute Gasteiger partial charge is 0.393 e. The summed E-state index contributed by atoms with van der Waals surface area (Å²) >= 11 is 6.32. The topological polar surface area (TPSA) is 23.5 Å². The molecular formula is C20H41Cl2NO. The minimum atomic E-state index is -0.365. The van der Waals surface area contributed by atoms with E-state index in [0.29, 0.717) is 11.5 Å². The molecule has 2 nitrogen and oxygen atoms in total. The van der Waals surface area contributed by atoms with Crippen LogP contribution in [0.4, 0.5) is 0 Å². The predicted octanol–water partition coefficient (Wildman–Crippen LogP) is 6.54. The minimum Gasteiger partial charge on any atom is -0.393 e. The lowest BCUT2D eigenvalue weighted by atomic mass is 9.85. The smallest absolute Gasteiger partial charge is 0.0581 e. The standard InChI is InChI=1S/C20H40ClNO.ClH/c1-6-7-8-9-10-11-12-13-14-15-16-20(19(3)21,22(4)5)17-18(2)23;/h18,23H,3,6-17H2,1-2,4-5H3;1H. The summed E-state index contributed by atoms with van der Waals surface area (Å²) in [4.78, 5) is 2.13. The Bertz CT molecular complexity index is 308. The average molecular weight is 382 g/mol. The fourth-order valence-electron chi connectivity index (χ4n) is 3.39. The summed E-state index contributed by atoms with van der Waals surface area (Å²) in [5.41, 5.74) is -0.282. The number of aliphatic hydroxyl groups excluding tert-OH is 1. The van der Waals surface area contributed by atoms with Gasteiger partial charge in [-0.05, 0) is 33.9 Å². The SMILES string of the molecule is C=C(Cl)C(CCCCCCCCCCCC)(CC(C)O)N(C)C.Cl. The summed E-state index contributed by atoms with van der Waals surface area (Å²) in [6, 6.07) is 0. The molecule has 0 amide bonds. The molecule has 0 saturated heterocycles. The molecule has 0 aliphatic rings. The van der Waals surface area contributed by atoms with Gasteiger partial charge < -0.3 is 5.11 Å². The molecule has 0 spiro atoms. The highest BCUT2D eigenvalue weighted by Crippen LogP contribution is 2.35. The fraction of sp³-hybridized carbons (Fsp3) is 0.900. The van der Waals surface area contributed by atoms with E-state index < -0.39 is 0 Å². The van der Waals surface area contributed by atoms with E-state index >= 15 is 0 Å². The molecule has 146 valence electrons. The first-order valence-corrected chi connectivity index (χ1v) is 9.95. The molecule has 2 unspecified atom stereocenters. The Morgan fingerprint density at radius 2 is 1.42 bits per heavy atom. The number of likely N-dealkylation sites (N-methyl/N-ethyl adjacent to an activating group) is 1. The van der Waals surface area contributed by atoms with Crippen molar-refractivity contribution >= 4 is 24.0 Å². The number of halogens is 2. The van der Waals surface area contributed by atoms with Crippen LogP contribution in [0.2, 0.25) is 0 Å². The zero-order valence-corrected chi connectivity index (χ0v) is 18.0. The van der Waals surface area contributed by atoms with Crippen molar-refractivity contribution in [2.45, 2.75) is 103 Å². The second-order valence-corrected chi connectivity index (χ2v) is 7.77. The van der Waals surface area contributed by atoms with E-state index in [0.717, 1.165) is 12.8 Å². The summed E-state index contributed by atoms with van der Waals surface area (Å²) in [5.74, 6) is 0. The summed E-state index contributed by atoms with van der Waals surface area (Å²) in [5, 5.41) is 10.5. The molecule has 0 aromatic carbocycles. The molecule has 0 aliphatic carbocycles. The van der Waals surface area contributed by atoms with Crippen LogP contribution in [0.1, 0.15) is 90.9 Å². The Labute approximate surface area is 162 Å². The molecule has 0 fully saturated rings. The predicted molar refractivity (Wildman–Crippen MR) is 111 cm³/mol. The van der Waals surface area contributed by atoms with Gasteiger partial charge in [0.25, 0.3) is 0 Å².